The van der Waals surface area contributed by atoms with Crippen molar-refractivity contribution >= 4 is 0 Å². The lowest BCUT2D eigenvalue weighted by Gasteiger charge is -1.87. The fourth-order valence-electron chi connectivity index (χ4n) is 1.08. The van der Waals surface area contributed by atoms with Gasteiger partial charge in [0.15, 0.2) is 0 Å². The molecule has 0 spiro atoms. The molecule has 0 saturated carbocycles. The molecule has 14 heavy (non-hydrogen) atoms. The lowest BCUT2D eigenvalue weighted by Crippen LogP contribution is -1.73. The third kappa shape index (κ3) is 2.24. The van der Waals surface area contributed by atoms with Crippen LogP contribution in [0.3, 0.4) is 0 Å². The lowest BCUT2D eigenvalue weighted by atomic mass is 10.2. The molecule has 0 saturated heterocycles. The highest BCUT2D eigenvalue weighted by Crippen LogP contribution is 1.98. The zero-order valence-electron chi connectivity index (χ0n) is 7.62. The van der Waals surface area contributed by atoms with Gasteiger partial charge in [0, 0.05) is 11.1 Å². The van der Waals surface area contributed by atoms with E-state index in [1.165, 1.54) is 0 Å². The quantitative estimate of drug-likeness (QED) is 0.541. The second kappa shape index (κ2) is 4.30. The smallest absolute Gasteiger partial charge is 0.0249 e. The Morgan fingerprint density at radius 1 is 0.643 bits per heavy atom. The molecule has 64 valence electrons. The van der Waals surface area contributed by atoms with Gasteiger partial charge in [0.2, 0.25) is 0 Å². The van der Waals surface area contributed by atoms with Crippen molar-refractivity contribution in [2.75, 3.05) is 0 Å². The summed E-state index contributed by atoms with van der Waals surface area (Å²) in [4.78, 5) is 0. The predicted octanol–water partition coefficient (Wildman–Crippen LogP) is 2.69. The van der Waals surface area contributed by atoms with E-state index in [9.17, 15) is 0 Å². The zero-order chi connectivity index (χ0) is 9.64. The summed E-state index contributed by atoms with van der Waals surface area (Å²) >= 11 is 0. The number of hydrogen-bond acceptors (Lipinski definition) is 0. The van der Waals surface area contributed by atoms with Crippen LogP contribution in [0.25, 0.3) is 0 Å². The van der Waals surface area contributed by atoms with Gasteiger partial charge in [0.25, 0.3) is 0 Å². The molecule has 0 heteroatoms. The lowest BCUT2D eigenvalue weighted by molar-refractivity contribution is 1.61. The molecule has 2 aromatic rings. The Morgan fingerprint density at radius 3 is 1.36 bits per heavy atom. The summed E-state index contributed by atoms with van der Waals surface area (Å²) in [6.07, 6.45) is 0. The summed E-state index contributed by atoms with van der Waals surface area (Å²) in [5.41, 5.74) is 2.02. The van der Waals surface area contributed by atoms with Crippen LogP contribution in [-0.4, -0.2) is 0 Å². The van der Waals surface area contributed by atoms with Crippen LogP contribution in [0.1, 0.15) is 11.1 Å². The molecule has 2 rings (SSSR count). The molecule has 0 aliphatic heterocycles. The van der Waals surface area contributed by atoms with Gasteiger partial charge in [-0.25, -0.2) is 0 Å². The molecule has 0 aliphatic carbocycles. The van der Waals surface area contributed by atoms with E-state index in [1.54, 1.807) is 0 Å². The molecule has 0 heterocycles. The van der Waals surface area contributed by atoms with E-state index >= 15 is 0 Å². The maximum atomic E-state index is 3.08. The predicted molar refractivity (Wildman–Crippen MR) is 56.5 cm³/mol. The van der Waals surface area contributed by atoms with E-state index in [4.69, 9.17) is 0 Å². The van der Waals surface area contributed by atoms with E-state index in [2.05, 4.69) is 24.0 Å². The fraction of sp³-hybridized carbons (Fsp3) is 0. The Hall–Kier alpha value is -2.00. The summed E-state index contributed by atoms with van der Waals surface area (Å²) in [5, 5.41) is 0. The highest BCUT2D eigenvalue weighted by molar-refractivity contribution is 5.41. The van der Waals surface area contributed by atoms with Gasteiger partial charge in [0.05, 0.1) is 0 Å². The van der Waals surface area contributed by atoms with Crippen LogP contribution in [0.15, 0.2) is 48.5 Å². The van der Waals surface area contributed by atoms with Gasteiger partial charge in [0.1, 0.15) is 0 Å². The van der Waals surface area contributed by atoms with Crippen LogP contribution < -0.4 is 0 Å². The largest absolute Gasteiger partial charge is 0.0617 e. The molecule has 0 amide bonds. The first kappa shape index (κ1) is 8.59. The van der Waals surface area contributed by atoms with Crippen molar-refractivity contribution in [3.8, 4) is 11.8 Å². The molecule has 0 bridgehead atoms. The number of rotatable bonds is 0. The van der Waals surface area contributed by atoms with Crippen molar-refractivity contribution < 1.29 is 0 Å². The SMILES string of the molecule is C(#Cc1cc[c]cc1)c1cc[c]cc1. The molecular weight excluding hydrogens is 168 g/mol. The van der Waals surface area contributed by atoms with Gasteiger partial charge < -0.3 is 0 Å². The van der Waals surface area contributed by atoms with Crippen LogP contribution in [0, 0.1) is 24.0 Å². The van der Waals surface area contributed by atoms with Gasteiger partial charge in [-0.2, -0.15) is 0 Å². The molecule has 0 aromatic heterocycles. The molecule has 0 atom stereocenters. The second-order valence-corrected chi connectivity index (χ2v) is 2.83. The minimum absolute atomic E-state index is 1.01. The number of benzene rings is 2. The second-order valence-electron chi connectivity index (χ2n) is 2.83. The first-order valence-electron chi connectivity index (χ1n) is 4.39. The van der Waals surface area contributed by atoms with E-state index in [1.807, 2.05) is 48.5 Å². The van der Waals surface area contributed by atoms with Gasteiger partial charge in [-0.15, -0.1) is 0 Å². The average molecular weight is 176 g/mol. The monoisotopic (exact) mass is 176 g/mol. The molecule has 0 unspecified atom stereocenters. The Bertz CT molecular complexity index is 400. The molecule has 0 aliphatic rings. The van der Waals surface area contributed by atoms with Crippen LogP contribution in [-0.2, 0) is 0 Å². The Labute approximate surface area is 84.2 Å². The van der Waals surface area contributed by atoms with Crippen LogP contribution >= 0.6 is 0 Å². The summed E-state index contributed by atoms with van der Waals surface area (Å²) in [6, 6.07) is 21.2. The summed E-state index contributed by atoms with van der Waals surface area (Å²) in [7, 11) is 0. The van der Waals surface area contributed by atoms with Crippen molar-refractivity contribution in [2.45, 2.75) is 0 Å². The zero-order valence-corrected chi connectivity index (χ0v) is 7.62. The average Bonchev–Trinajstić information content (AvgIpc) is 2.29. The molecular formula is C14H8. The van der Waals surface area contributed by atoms with Crippen LogP contribution in [0.2, 0.25) is 0 Å². The van der Waals surface area contributed by atoms with Crippen molar-refractivity contribution in [3.63, 3.8) is 0 Å². The summed E-state index contributed by atoms with van der Waals surface area (Å²) in [5.74, 6) is 6.15. The van der Waals surface area contributed by atoms with Crippen molar-refractivity contribution in [3.05, 3.63) is 71.8 Å². The standard InChI is InChI=1S/C14H8/c1-3-7-13(8-4-1)11-12-14-9-5-2-6-10-14/h3-10H. The molecule has 0 nitrogen and oxygen atoms in total. The van der Waals surface area contributed by atoms with Crippen molar-refractivity contribution in [1.29, 1.82) is 0 Å². The molecule has 2 aromatic carbocycles. The van der Waals surface area contributed by atoms with Crippen molar-refractivity contribution in [2.24, 2.45) is 0 Å². The van der Waals surface area contributed by atoms with E-state index < -0.39 is 0 Å². The first-order chi connectivity index (χ1) is 6.95. The first-order valence-corrected chi connectivity index (χ1v) is 4.39. The van der Waals surface area contributed by atoms with E-state index in [0.717, 1.165) is 11.1 Å². The van der Waals surface area contributed by atoms with Gasteiger partial charge in [-0.05, 0) is 36.4 Å². The third-order valence-electron chi connectivity index (χ3n) is 1.79. The van der Waals surface area contributed by atoms with Gasteiger partial charge >= 0.3 is 0 Å². The van der Waals surface area contributed by atoms with Crippen LogP contribution in [0.4, 0.5) is 0 Å². The molecule has 2 radical (unpaired) electrons. The van der Waals surface area contributed by atoms with Gasteiger partial charge in [-0.3, -0.25) is 0 Å². The maximum Gasteiger partial charge on any atom is 0.0249 e. The fourth-order valence-corrected chi connectivity index (χ4v) is 1.08. The molecule has 0 fully saturated rings. The third-order valence-corrected chi connectivity index (χ3v) is 1.79. The Kier molecular flexibility index (Phi) is 2.64. The van der Waals surface area contributed by atoms with Gasteiger partial charge in [-0.1, -0.05) is 36.1 Å². The Morgan fingerprint density at radius 2 is 1.00 bits per heavy atom. The maximum absolute atomic E-state index is 3.08. The topological polar surface area (TPSA) is 0 Å². The minimum atomic E-state index is 1.01. The summed E-state index contributed by atoms with van der Waals surface area (Å²) in [6.45, 7) is 0. The molecule has 0 N–H and O–H groups in total. The number of hydrogen-bond donors (Lipinski definition) is 0. The normalized spacial score (nSPS) is 8.86. The minimum Gasteiger partial charge on any atom is -0.0617 e. The van der Waals surface area contributed by atoms with E-state index in [-0.39, 0.29) is 0 Å². The highest BCUT2D eigenvalue weighted by atomic mass is 13.9. The summed E-state index contributed by atoms with van der Waals surface area (Å²) < 4.78 is 0. The highest BCUT2D eigenvalue weighted by Gasteiger charge is 1.83. The van der Waals surface area contributed by atoms with Crippen molar-refractivity contribution in [1.82, 2.24) is 0 Å². The van der Waals surface area contributed by atoms with E-state index in [0.29, 0.717) is 0 Å². The Balaban J connectivity index is 2.24. The van der Waals surface area contributed by atoms with Crippen LogP contribution in [0.5, 0.6) is 0 Å².